The first kappa shape index (κ1) is 23.9. The van der Waals surface area contributed by atoms with Crippen molar-refractivity contribution < 1.29 is 24.1 Å². The summed E-state index contributed by atoms with van der Waals surface area (Å²) >= 11 is 6.33. The molecule has 1 aliphatic heterocycles. The van der Waals surface area contributed by atoms with Crippen molar-refractivity contribution >= 4 is 28.8 Å². The van der Waals surface area contributed by atoms with Crippen LogP contribution >= 0.6 is 11.6 Å². The molecule has 186 valence electrons. The second-order valence-corrected chi connectivity index (χ2v) is 9.24. The minimum absolute atomic E-state index is 0.00657. The van der Waals surface area contributed by atoms with E-state index in [0.29, 0.717) is 29.7 Å². The smallest absolute Gasteiger partial charge is 0.176 e. The molecular weight excluding hydrogens is 480 g/mol. The predicted octanol–water partition coefficient (Wildman–Crippen LogP) is 6.05. The quantitative estimate of drug-likeness (QED) is 0.388. The summed E-state index contributed by atoms with van der Waals surface area (Å²) in [5.74, 6) is 1.45. The number of fused-ring (bicyclic) bond motifs is 1. The van der Waals surface area contributed by atoms with Crippen LogP contribution in [0.5, 0.6) is 23.0 Å². The molecule has 7 nitrogen and oxygen atoms in total. The molecule has 3 N–H and O–H groups in total. The van der Waals surface area contributed by atoms with E-state index in [9.17, 15) is 9.90 Å². The number of anilines is 2. The van der Waals surface area contributed by atoms with E-state index in [4.69, 9.17) is 25.8 Å². The molecule has 1 heterocycles. The van der Waals surface area contributed by atoms with Gasteiger partial charge in [0.2, 0.25) is 0 Å². The van der Waals surface area contributed by atoms with E-state index in [1.54, 1.807) is 26.4 Å². The predicted molar refractivity (Wildman–Crippen MR) is 140 cm³/mol. The zero-order chi connectivity index (χ0) is 25.4. The van der Waals surface area contributed by atoms with Crippen LogP contribution in [0.2, 0.25) is 5.02 Å². The number of para-hydroxylation sites is 2. The topological polar surface area (TPSA) is 89.1 Å². The fraction of sp³-hybridized carbons (Fsp3) is 0.250. The number of rotatable bonds is 5. The Balaban J connectivity index is 1.64. The van der Waals surface area contributed by atoms with Gasteiger partial charge in [-0.3, -0.25) is 4.79 Å². The van der Waals surface area contributed by atoms with Crippen LogP contribution in [0.3, 0.4) is 0 Å². The maximum atomic E-state index is 13.8. The van der Waals surface area contributed by atoms with Crippen LogP contribution in [-0.2, 0) is 4.79 Å². The number of hydrogen-bond acceptors (Lipinski definition) is 7. The van der Waals surface area contributed by atoms with E-state index in [-0.39, 0.29) is 28.2 Å². The number of nitrogens with one attached hydrogen (secondary N) is 2. The Hall–Kier alpha value is -3.84. The highest BCUT2D eigenvalue weighted by molar-refractivity contribution is 6.32. The highest BCUT2D eigenvalue weighted by Crippen LogP contribution is 2.47. The second kappa shape index (κ2) is 9.66. The summed E-state index contributed by atoms with van der Waals surface area (Å²) in [5.41, 5.74) is 4.82. The number of carbonyl (C=O) groups is 1. The molecule has 0 radical (unpaired) electrons. The van der Waals surface area contributed by atoms with Crippen LogP contribution in [-0.4, -0.2) is 32.2 Å². The molecule has 2 atom stereocenters. The molecule has 3 aromatic rings. The van der Waals surface area contributed by atoms with Crippen LogP contribution in [0.1, 0.15) is 35.9 Å². The van der Waals surface area contributed by atoms with Crippen molar-refractivity contribution in [2.75, 3.05) is 32.0 Å². The van der Waals surface area contributed by atoms with Crippen LogP contribution in [0.25, 0.3) is 0 Å². The Kier molecular flexibility index (Phi) is 6.41. The van der Waals surface area contributed by atoms with Gasteiger partial charge in [-0.05, 0) is 54.4 Å². The van der Waals surface area contributed by atoms with Gasteiger partial charge in [-0.25, -0.2) is 0 Å². The van der Waals surface area contributed by atoms with Crippen LogP contribution in [0.15, 0.2) is 65.9 Å². The number of phenolic OH excluding ortho intramolecular Hbond substituents is 1. The second-order valence-electron chi connectivity index (χ2n) is 8.83. The van der Waals surface area contributed by atoms with Crippen molar-refractivity contribution in [3.8, 4) is 23.0 Å². The molecule has 0 bridgehead atoms. The summed E-state index contributed by atoms with van der Waals surface area (Å²) in [6.07, 6.45) is 0.904. The lowest BCUT2D eigenvalue weighted by atomic mass is 9.78. The number of allylic oxidation sites excluding steroid dienone is 1. The van der Waals surface area contributed by atoms with Crippen LogP contribution < -0.4 is 24.8 Å². The molecule has 2 unspecified atom stereocenters. The lowest BCUT2D eigenvalue weighted by Gasteiger charge is -2.30. The average molecular weight is 507 g/mol. The van der Waals surface area contributed by atoms with Crippen LogP contribution in [0.4, 0.5) is 11.4 Å². The van der Waals surface area contributed by atoms with E-state index >= 15 is 0 Å². The highest BCUT2D eigenvalue weighted by Gasteiger charge is 2.37. The molecule has 0 fully saturated rings. The molecule has 8 heteroatoms. The molecule has 1 aliphatic carbocycles. The fourth-order valence-corrected chi connectivity index (χ4v) is 5.26. The lowest BCUT2D eigenvalue weighted by Crippen LogP contribution is -2.27. The van der Waals surface area contributed by atoms with Crippen molar-refractivity contribution in [1.29, 1.82) is 0 Å². The molecule has 36 heavy (non-hydrogen) atoms. The Morgan fingerprint density at radius 2 is 1.67 bits per heavy atom. The highest BCUT2D eigenvalue weighted by atomic mass is 35.5. The van der Waals surface area contributed by atoms with Gasteiger partial charge in [0.05, 0.1) is 43.8 Å². The maximum absolute atomic E-state index is 13.8. The Morgan fingerprint density at radius 3 is 2.39 bits per heavy atom. The number of ether oxygens (including phenoxy) is 3. The number of methoxy groups -OCH3 is 3. The van der Waals surface area contributed by atoms with Gasteiger partial charge in [-0.1, -0.05) is 23.7 Å². The molecule has 0 saturated heterocycles. The standard InChI is InChI=1S/C28H27ClN2O5/c1-34-17-8-9-24(35-2)18(14-17)15-11-22-26(23(32)12-15)27(31-21-7-5-4-6-20(21)30-22)16-10-19(29)28(33)25(13-16)36-3/h4-10,13-15,27,30-31,33H,11-12H2,1-3H3. The average Bonchev–Trinajstić information content (AvgIpc) is 3.06. The van der Waals surface area contributed by atoms with Crippen molar-refractivity contribution in [2.24, 2.45) is 0 Å². The molecule has 0 saturated carbocycles. The minimum atomic E-state index is -0.496. The van der Waals surface area contributed by atoms with E-state index in [0.717, 1.165) is 28.4 Å². The third-order valence-electron chi connectivity index (χ3n) is 6.79. The number of benzene rings is 3. The first-order chi connectivity index (χ1) is 17.4. The number of Topliss-reactive ketones (excluding diaryl/α,β-unsaturated/α-hetero) is 1. The number of aromatic hydroxyl groups is 1. The molecular formula is C28H27ClN2O5. The van der Waals surface area contributed by atoms with Crippen molar-refractivity contribution in [3.63, 3.8) is 0 Å². The molecule has 0 amide bonds. The Labute approximate surface area is 214 Å². The minimum Gasteiger partial charge on any atom is -0.503 e. The normalized spacial score (nSPS) is 18.8. The summed E-state index contributed by atoms with van der Waals surface area (Å²) in [6.45, 7) is 0. The van der Waals surface area contributed by atoms with E-state index < -0.39 is 6.04 Å². The molecule has 0 aromatic heterocycles. The zero-order valence-electron chi connectivity index (χ0n) is 20.2. The SMILES string of the molecule is COc1ccc(OC)c(C2CC(=O)C3=C(C2)Nc2ccccc2NC3c2cc(Cl)c(O)c(OC)c2)c1. The number of ketones is 1. The molecule has 5 rings (SSSR count). The first-order valence-corrected chi connectivity index (χ1v) is 12.0. The fourth-order valence-electron chi connectivity index (χ4n) is 5.04. The summed E-state index contributed by atoms with van der Waals surface area (Å²) in [4.78, 5) is 13.8. The number of phenols is 1. The summed E-state index contributed by atoms with van der Waals surface area (Å²) < 4.78 is 16.4. The van der Waals surface area contributed by atoms with Crippen molar-refractivity contribution in [1.82, 2.24) is 0 Å². The third-order valence-corrected chi connectivity index (χ3v) is 7.08. The number of hydrogen-bond donors (Lipinski definition) is 3. The zero-order valence-corrected chi connectivity index (χ0v) is 21.0. The first-order valence-electron chi connectivity index (χ1n) is 11.6. The summed E-state index contributed by atoms with van der Waals surface area (Å²) in [5, 5.41) is 17.5. The maximum Gasteiger partial charge on any atom is 0.176 e. The van der Waals surface area contributed by atoms with Crippen molar-refractivity contribution in [2.45, 2.75) is 24.8 Å². The monoisotopic (exact) mass is 506 g/mol. The number of carbonyl (C=O) groups excluding carboxylic acids is 1. The van der Waals surface area contributed by atoms with E-state index in [2.05, 4.69) is 10.6 Å². The van der Waals surface area contributed by atoms with Gasteiger partial charge in [0.1, 0.15) is 11.5 Å². The van der Waals surface area contributed by atoms with Gasteiger partial charge in [-0.15, -0.1) is 0 Å². The van der Waals surface area contributed by atoms with Crippen molar-refractivity contribution in [3.05, 3.63) is 82.0 Å². The largest absolute Gasteiger partial charge is 0.503 e. The van der Waals surface area contributed by atoms with Gasteiger partial charge in [0, 0.05) is 29.2 Å². The van der Waals surface area contributed by atoms with Gasteiger partial charge in [0.15, 0.2) is 17.3 Å². The number of halogens is 1. The van der Waals surface area contributed by atoms with E-state index in [1.807, 2.05) is 42.5 Å². The summed E-state index contributed by atoms with van der Waals surface area (Å²) in [7, 11) is 4.72. The van der Waals surface area contributed by atoms with Gasteiger partial charge in [0.25, 0.3) is 0 Å². The molecule has 0 spiro atoms. The molecule has 2 aliphatic rings. The Bertz CT molecular complexity index is 1370. The molecule has 3 aromatic carbocycles. The van der Waals surface area contributed by atoms with Gasteiger partial charge in [-0.2, -0.15) is 0 Å². The lowest BCUT2D eigenvalue weighted by molar-refractivity contribution is -0.116. The third kappa shape index (κ3) is 4.20. The Morgan fingerprint density at radius 1 is 0.917 bits per heavy atom. The van der Waals surface area contributed by atoms with Gasteiger partial charge < -0.3 is 30.0 Å². The van der Waals surface area contributed by atoms with Crippen LogP contribution in [0, 0.1) is 0 Å². The summed E-state index contributed by atoms with van der Waals surface area (Å²) in [6, 6.07) is 16.3. The van der Waals surface area contributed by atoms with Gasteiger partial charge >= 0.3 is 0 Å². The van der Waals surface area contributed by atoms with E-state index in [1.165, 1.54) is 7.11 Å².